The number of thiophene rings is 1. The van der Waals surface area contributed by atoms with Crippen LogP contribution in [0, 0.1) is 2.88 Å². The molecule has 0 atom stereocenters. The van der Waals surface area contributed by atoms with Gasteiger partial charge in [0.15, 0.2) is 5.13 Å². The van der Waals surface area contributed by atoms with Crippen molar-refractivity contribution in [2.24, 2.45) is 0 Å². The summed E-state index contributed by atoms with van der Waals surface area (Å²) >= 11 is 5.13. The van der Waals surface area contributed by atoms with Gasteiger partial charge in [0.2, 0.25) is 0 Å². The van der Waals surface area contributed by atoms with Crippen molar-refractivity contribution in [2.45, 2.75) is 0 Å². The van der Waals surface area contributed by atoms with E-state index in [1.807, 2.05) is 41.1 Å². The van der Waals surface area contributed by atoms with Crippen molar-refractivity contribution in [1.29, 1.82) is 0 Å². The number of hydrogen-bond donors (Lipinski definition) is 2. The van der Waals surface area contributed by atoms with Crippen LogP contribution in [0.25, 0.3) is 11.3 Å². The average molecular weight is 427 g/mol. The van der Waals surface area contributed by atoms with E-state index in [9.17, 15) is 4.79 Å². The van der Waals surface area contributed by atoms with Gasteiger partial charge in [-0.1, -0.05) is 12.1 Å². The van der Waals surface area contributed by atoms with E-state index in [1.54, 1.807) is 11.3 Å². The number of thiazole rings is 1. The molecule has 0 aliphatic carbocycles. The van der Waals surface area contributed by atoms with Gasteiger partial charge < -0.3 is 5.73 Å². The van der Waals surface area contributed by atoms with Crippen LogP contribution in [0.15, 0.2) is 41.1 Å². The monoisotopic (exact) mass is 427 g/mol. The predicted octanol–water partition coefficient (Wildman–Crippen LogP) is 4.31. The van der Waals surface area contributed by atoms with Crippen LogP contribution in [0.3, 0.4) is 0 Å². The Balaban J connectivity index is 1.78. The summed E-state index contributed by atoms with van der Waals surface area (Å²) in [5.41, 5.74) is 8.87. The molecule has 0 fully saturated rings. The zero-order chi connectivity index (χ0) is 14.8. The van der Waals surface area contributed by atoms with Crippen LogP contribution < -0.4 is 11.1 Å². The van der Waals surface area contributed by atoms with Gasteiger partial charge in [-0.3, -0.25) is 10.1 Å². The first-order valence-electron chi connectivity index (χ1n) is 5.98. The summed E-state index contributed by atoms with van der Waals surface area (Å²) in [4.78, 5) is 16.5. The zero-order valence-corrected chi connectivity index (χ0v) is 14.5. The minimum atomic E-state index is -0.136. The topological polar surface area (TPSA) is 68.0 Å². The number of hydrogen-bond acceptors (Lipinski definition) is 5. The van der Waals surface area contributed by atoms with Crippen molar-refractivity contribution < 1.29 is 4.79 Å². The quantitative estimate of drug-likeness (QED) is 0.484. The second-order valence-corrected chi connectivity index (χ2v) is 7.92. The number of carbonyl (C=O) groups is 1. The van der Waals surface area contributed by atoms with Crippen molar-refractivity contribution in [3.8, 4) is 11.3 Å². The first-order chi connectivity index (χ1) is 10.1. The summed E-state index contributed by atoms with van der Waals surface area (Å²) in [6.45, 7) is 0. The minimum absolute atomic E-state index is 0.136. The molecule has 0 saturated carbocycles. The van der Waals surface area contributed by atoms with Crippen LogP contribution in [0.4, 0.5) is 10.8 Å². The fourth-order valence-electron chi connectivity index (χ4n) is 1.76. The van der Waals surface area contributed by atoms with Gasteiger partial charge in [0, 0.05) is 22.0 Å². The van der Waals surface area contributed by atoms with Gasteiger partial charge in [-0.2, -0.15) is 0 Å². The number of nitrogen functional groups attached to an aromatic ring is 1. The Kier molecular flexibility index (Phi) is 4.22. The lowest BCUT2D eigenvalue weighted by Gasteiger charge is -1.99. The maximum Gasteiger partial charge on any atom is 0.258 e. The van der Waals surface area contributed by atoms with Crippen LogP contribution in [0.5, 0.6) is 0 Å². The Morgan fingerprint density at radius 3 is 2.81 bits per heavy atom. The number of nitrogens with zero attached hydrogens (tertiary/aromatic N) is 1. The highest BCUT2D eigenvalue weighted by Gasteiger charge is 2.11. The molecule has 0 saturated heterocycles. The number of halogens is 1. The molecule has 0 radical (unpaired) electrons. The first kappa shape index (κ1) is 14.5. The van der Waals surface area contributed by atoms with Gasteiger partial charge in [0.25, 0.3) is 5.91 Å². The highest BCUT2D eigenvalue weighted by molar-refractivity contribution is 14.1. The molecule has 3 N–H and O–H groups in total. The Morgan fingerprint density at radius 1 is 1.24 bits per heavy atom. The highest BCUT2D eigenvalue weighted by Crippen LogP contribution is 2.26. The zero-order valence-electron chi connectivity index (χ0n) is 10.7. The first-order valence-corrected chi connectivity index (χ1v) is 8.82. The third-order valence-electron chi connectivity index (χ3n) is 2.74. The Labute approximate surface area is 143 Å². The molecule has 1 aromatic carbocycles. The van der Waals surface area contributed by atoms with E-state index in [-0.39, 0.29) is 5.91 Å². The number of carbonyl (C=O) groups excluding carboxylic acids is 1. The summed E-state index contributed by atoms with van der Waals surface area (Å²) < 4.78 is 1.08. The Bertz CT molecular complexity index is 797. The predicted molar refractivity (Wildman–Crippen MR) is 97.0 cm³/mol. The van der Waals surface area contributed by atoms with Crippen LogP contribution in [-0.2, 0) is 0 Å². The number of benzene rings is 1. The summed E-state index contributed by atoms with van der Waals surface area (Å²) in [5.74, 6) is -0.136. The lowest BCUT2D eigenvalue weighted by atomic mass is 10.1. The summed E-state index contributed by atoms with van der Waals surface area (Å²) in [6, 6.07) is 9.37. The molecule has 3 aromatic rings. The van der Waals surface area contributed by atoms with Crippen molar-refractivity contribution in [2.75, 3.05) is 11.1 Å². The normalized spacial score (nSPS) is 10.5. The number of anilines is 2. The molecule has 0 unspecified atom stereocenters. The SMILES string of the molecule is Nc1cccc(-c2csc(NC(=O)c3csc(I)c3)n2)c1. The van der Waals surface area contributed by atoms with Gasteiger partial charge >= 0.3 is 0 Å². The molecule has 1 amide bonds. The standard InChI is InChI=1S/C14H10IN3OS2/c15-12-5-9(6-20-12)13(19)18-14-17-11(7-21-14)8-2-1-3-10(16)4-8/h1-7H,16H2,(H,17,18,19). The molecule has 0 aliphatic heterocycles. The molecular weight excluding hydrogens is 417 g/mol. The van der Waals surface area contributed by atoms with Crippen LogP contribution in [-0.4, -0.2) is 10.9 Å². The van der Waals surface area contributed by atoms with Gasteiger partial charge in [-0.05, 0) is 40.8 Å². The second-order valence-electron chi connectivity index (χ2n) is 4.26. The van der Waals surface area contributed by atoms with Gasteiger partial charge in [-0.25, -0.2) is 4.98 Å². The lowest BCUT2D eigenvalue weighted by molar-refractivity contribution is 0.102. The highest BCUT2D eigenvalue weighted by atomic mass is 127. The minimum Gasteiger partial charge on any atom is -0.399 e. The van der Waals surface area contributed by atoms with E-state index in [2.05, 4.69) is 32.9 Å². The average Bonchev–Trinajstić information content (AvgIpc) is 3.08. The molecule has 0 aliphatic rings. The fourth-order valence-corrected chi connectivity index (χ4v) is 3.80. The molecule has 2 aromatic heterocycles. The maximum absolute atomic E-state index is 12.1. The number of nitrogens with two attached hydrogens (primary N) is 1. The van der Waals surface area contributed by atoms with E-state index < -0.39 is 0 Å². The third kappa shape index (κ3) is 3.42. The lowest BCUT2D eigenvalue weighted by Crippen LogP contribution is -2.10. The molecule has 106 valence electrons. The van der Waals surface area contributed by atoms with E-state index >= 15 is 0 Å². The molecular formula is C14H10IN3OS2. The summed E-state index contributed by atoms with van der Waals surface area (Å²) in [6.07, 6.45) is 0. The molecule has 3 rings (SSSR count). The number of aromatic nitrogens is 1. The van der Waals surface area contributed by atoms with E-state index in [0.29, 0.717) is 16.4 Å². The largest absolute Gasteiger partial charge is 0.399 e. The van der Waals surface area contributed by atoms with Crippen molar-refractivity contribution in [3.63, 3.8) is 0 Å². The molecule has 21 heavy (non-hydrogen) atoms. The van der Waals surface area contributed by atoms with E-state index in [0.717, 1.165) is 14.1 Å². The second kappa shape index (κ2) is 6.12. The van der Waals surface area contributed by atoms with Crippen LogP contribution >= 0.6 is 45.3 Å². The third-order valence-corrected chi connectivity index (χ3v) is 5.28. The molecule has 0 spiro atoms. The van der Waals surface area contributed by atoms with E-state index in [1.165, 1.54) is 11.3 Å². The van der Waals surface area contributed by atoms with Crippen LogP contribution in [0.1, 0.15) is 10.4 Å². The van der Waals surface area contributed by atoms with Crippen molar-refractivity contribution in [1.82, 2.24) is 4.98 Å². The molecule has 7 heteroatoms. The van der Waals surface area contributed by atoms with Crippen molar-refractivity contribution >= 4 is 62.0 Å². The summed E-state index contributed by atoms with van der Waals surface area (Å²) in [5, 5.41) is 7.14. The van der Waals surface area contributed by atoms with E-state index in [4.69, 9.17) is 5.73 Å². The van der Waals surface area contributed by atoms with Crippen molar-refractivity contribution in [3.05, 3.63) is 49.5 Å². The summed E-state index contributed by atoms with van der Waals surface area (Å²) in [7, 11) is 0. The van der Waals surface area contributed by atoms with Gasteiger partial charge in [-0.15, -0.1) is 22.7 Å². The molecule has 2 heterocycles. The molecule has 0 bridgehead atoms. The number of nitrogens with one attached hydrogen (secondary N) is 1. The Morgan fingerprint density at radius 2 is 2.10 bits per heavy atom. The Hall–Kier alpha value is -1.45. The van der Waals surface area contributed by atoms with Gasteiger partial charge in [0.1, 0.15) is 0 Å². The van der Waals surface area contributed by atoms with Crippen LogP contribution in [0.2, 0.25) is 0 Å². The smallest absolute Gasteiger partial charge is 0.258 e. The fraction of sp³-hybridized carbons (Fsp3) is 0. The number of rotatable bonds is 3. The molecule has 4 nitrogen and oxygen atoms in total. The maximum atomic E-state index is 12.1. The van der Waals surface area contributed by atoms with Gasteiger partial charge in [0.05, 0.1) is 14.1 Å². The number of amides is 1.